The molecule has 6 aromatic rings. The minimum Gasteiger partial charge on any atom is -0.305 e. The van der Waals surface area contributed by atoms with E-state index in [1.807, 2.05) is 54.7 Å². The molecule has 0 N–H and O–H groups in total. The van der Waals surface area contributed by atoms with Gasteiger partial charge in [0.2, 0.25) is 0 Å². The number of aryl methyl sites for hydroxylation is 1. The third kappa shape index (κ3) is 4.05. The molecule has 2 nitrogen and oxygen atoms in total. The van der Waals surface area contributed by atoms with Crippen molar-refractivity contribution in [2.24, 2.45) is 0 Å². The first-order valence-corrected chi connectivity index (χ1v) is 13.3. The summed E-state index contributed by atoms with van der Waals surface area (Å²) in [6.45, 7) is 4.48. The maximum Gasteiger partial charge on any atom is 0.0190 e. The average molecular weight is 691 g/mol. The third-order valence-corrected chi connectivity index (χ3v) is 7.92. The van der Waals surface area contributed by atoms with Gasteiger partial charge in [-0.1, -0.05) is 67.6 Å². The maximum atomic E-state index is 4.86. The smallest absolute Gasteiger partial charge is 0.0190 e. The normalized spacial score (nSPS) is 15.2. The molecule has 0 aliphatic heterocycles. The Bertz CT molecular complexity index is 1790. The Labute approximate surface area is 249 Å². The van der Waals surface area contributed by atoms with Crippen LogP contribution in [-0.4, -0.2) is 9.97 Å². The van der Waals surface area contributed by atoms with Gasteiger partial charge in [0.05, 0.1) is 0 Å². The molecule has 2 aliphatic rings. The molecule has 0 saturated heterocycles. The van der Waals surface area contributed by atoms with Crippen LogP contribution in [-0.2, 0) is 25.5 Å². The number of rotatable bonds is 1. The second-order valence-electron chi connectivity index (χ2n) is 10.3. The van der Waals surface area contributed by atoms with Crippen LogP contribution in [0.1, 0.15) is 29.2 Å². The molecule has 0 amide bonds. The number of hydrogen-bond donors (Lipinski definition) is 0. The van der Waals surface area contributed by atoms with Gasteiger partial charge in [0.1, 0.15) is 0 Å². The summed E-state index contributed by atoms with van der Waals surface area (Å²) in [4.78, 5) is 9.08. The van der Waals surface area contributed by atoms with Crippen molar-refractivity contribution in [2.45, 2.75) is 19.3 Å². The number of pyridine rings is 2. The minimum atomic E-state index is -0.204. The van der Waals surface area contributed by atoms with Gasteiger partial charge >= 0.3 is 0 Å². The summed E-state index contributed by atoms with van der Waals surface area (Å²) in [6.07, 6.45) is 3.76. The van der Waals surface area contributed by atoms with Gasteiger partial charge in [-0.15, -0.1) is 71.3 Å². The van der Waals surface area contributed by atoms with Gasteiger partial charge in [-0.05, 0) is 63.3 Å². The van der Waals surface area contributed by atoms with Crippen molar-refractivity contribution in [3.05, 3.63) is 156 Å². The Balaban J connectivity index is 0.000000188. The molecule has 40 heavy (non-hydrogen) atoms. The first kappa shape index (κ1) is 26.1. The Morgan fingerprint density at radius 2 is 1.38 bits per heavy atom. The van der Waals surface area contributed by atoms with E-state index in [0.717, 1.165) is 22.5 Å². The van der Waals surface area contributed by atoms with Gasteiger partial charge in [0.15, 0.2) is 0 Å². The summed E-state index contributed by atoms with van der Waals surface area (Å²) in [7, 11) is 0. The molecular weight excluding hydrogens is 665 g/mol. The second kappa shape index (κ2) is 10.4. The molecule has 195 valence electrons. The Hall–Kier alpha value is -4.17. The van der Waals surface area contributed by atoms with Crippen LogP contribution in [0.15, 0.2) is 122 Å². The average Bonchev–Trinajstić information content (AvgIpc) is 3.22. The van der Waals surface area contributed by atoms with E-state index in [2.05, 4.69) is 91.6 Å². The van der Waals surface area contributed by atoms with Crippen LogP contribution in [0.4, 0.5) is 0 Å². The third-order valence-electron chi connectivity index (χ3n) is 7.92. The monoisotopic (exact) mass is 691 g/mol. The van der Waals surface area contributed by atoms with Crippen molar-refractivity contribution >= 4 is 0 Å². The fourth-order valence-corrected chi connectivity index (χ4v) is 6.21. The molecule has 0 fully saturated rings. The van der Waals surface area contributed by atoms with E-state index in [0.29, 0.717) is 0 Å². The summed E-state index contributed by atoms with van der Waals surface area (Å²) in [5.41, 5.74) is 14.4. The fraction of sp³-hybridized carbons (Fsp3) is 0.0811. The van der Waals surface area contributed by atoms with Crippen LogP contribution >= 0.6 is 0 Å². The Morgan fingerprint density at radius 3 is 2.17 bits per heavy atom. The number of hydrogen-bond acceptors (Lipinski definition) is 2. The molecular formula is C37H26IrN2-2. The number of fused-ring (bicyclic) bond motifs is 8. The summed E-state index contributed by atoms with van der Waals surface area (Å²) in [5, 5.41) is 0. The van der Waals surface area contributed by atoms with Crippen molar-refractivity contribution in [2.75, 3.05) is 0 Å². The molecule has 2 heterocycles. The van der Waals surface area contributed by atoms with Crippen molar-refractivity contribution in [1.82, 2.24) is 9.97 Å². The quantitative estimate of drug-likeness (QED) is 0.161. The molecule has 0 bridgehead atoms. The van der Waals surface area contributed by atoms with E-state index in [1.165, 1.54) is 44.5 Å². The molecule has 2 aromatic heterocycles. The van der Waals surface area contributed by atoms with E-state index in [9.17, 15) is 0 Å². The van der Waals surface area contributed by atoms with Gasteiger partial charge in [-0.3, -0.25) is 0 Å². The number of benzene rings is 4. The first-order chi connectivity index (χ1) is 19.2. The maximum absolute atomic E-state index is 4.86. The predicted octanol–water partition coefficient (Wildman–Crippen LogP) is 8.72. The molecule has 8 rings (SSSR count). The summed E-state index contributed by atoms with van der Waals surface area (Å²) < 4.78 is 0. The SMILES string of the molecule is Cc1cnc2c(c1)-c1cccc3c1C(C)(c1ccc[c-]c1-2)c1ccccc1-3.[Ir].[c-]1ccccc1-c1ccccn1. The molecule has 0 saturated carbocycles. The van der Waals surface area contributed by atoms with Crippen molar-refractivity contribution in [3.8, 4) is 44.8 Å². The first-order valence-electron chi connectivity index (χ1n) is 13.3. The van der Waals surface area contributed by atoms with Crippen LogP contribution in [0.2, 0.25) is 0 Å². The molecule has 2 aliphatic carbocycles. The number of nitrogens with zero attached hydrogens (tertiary/aromatic N) is 2. The second-order valence-corrected chi connectivity index (χ2v) is 10.3. The molecule has 3 heteroatoms. The van der Waals surface area contributed by atoms with E-state index < -0.39 is 0 Å². The van der Waals surface area contributed by atoms with Crippen LogP contribution in [0.3, 0.4) is 0 Å². The van der Waals surface area contributed by atoms with E-state index in [-0.39, 0.29) is 25.5 Å². The van der Waals surface area contributed by atoms with Crippen LogP contribution in [0.25, 0.3) is 44.8 Å². The fourth-order valence-electron chi connectivity index (χ4n) is 6.21. The summed E-state index contributed by atoms with van der Waals surface area (Å²) in [5.74, 6) is 0. The zero-order chi connectivity index (χ0) is 26.4. The van der Waals surface area contributed by atoms with E-state index in [4.69, 9.17) is 4.98 Å². The van der Waals surface area contributed by atoms with Crippen LogP contribution in [0.5, 0.6) is 0 Å². The molecule has 1 unspecified atom stereocenters. The molecule has 4 aromatic carbocycles. The standard InChI is InChI=1S/C26H18N.C11H8N.Ir/c1-16-14-21-19-11-7-10-18-17-8-3-5-12-22(17)26(2,24(18)19)23-13-6-4-9-20(23)25(21)27-15-16;1-2-6-10(7-3-1)11-8-4-5-9-12-11;/h3-8,10-15H,1-2H3;1-6,8-9H;/q2*-1;. The Kier molecular flexibility index (Phi) is 6.80. The molecule has 0 spiro atoms. The zero-order valence-corrected chi connectivity index (χ0v) is 24.7. The summed E-state index contributed by atoms with van der Waals surface area (Å²) >= 11 is 0. The minimum absolute atomic E-state index is 0. The summed E-state index contributed by atoms with van der Waals surface area (Å²) in [6, 6.07) is 44.5. The van der Waals surface area contributed by atoms with Gasteiger partial charge in [0, 0.05) is 37.9 Å². The van der Waals surface area contributed by atoms with Gasteiger partial charge < -0.3 is 9.97 Å². The number of aromatic nitrogens is 2. The topological polar surface area (TPSA) is 25.8 Å². The van der Waals surface area contributed by atoms with Crippen LogP contribution in [0, 0.1) is 19.1 Å². The molecule has 1 atom stereocenters. The van der Waals surface area contributed by atoms with Crippen molar-refractivity contribution in [1.29, 1.82) is 0 Å². The molecule has 1 radical (unpaired) electrons. The zero-order valence-electron chi connectivity index (χ0n) is 22.3. The van der Waals surface area contributed by atoms with Gasteiger partial charge in [-0.25, -0.2) is 0 Å². The predicted molar refractivity (Wildman–Crippen MR) is 158 cm³/mol. The van der Waals surface area contributed by atoms with Gasteiger partial charge in [-0.2, -0.15) is 0 Å². The van der Waals surface area contributed by atoms with Crippen LogP contribution < -0.4 is 0 Å². The Morgan fingerprint density at radius 1 is 0.650 bits per heavy atom. The van der Waals surface area contributed by atoms with Crippen molar-refractivity contribution in [3.63, 3.8) is 0 Å². The largest absolute Gasteiger partial charge is 0.305 e. The van der Waals surface area contributed by atoms with Gasteiger partial charge in [0.25, 0.3) is 0 Å². The van der Waals surface area contributed by atoms with E-state index >= 15 is 0 Å². The van der Waals surface area contributed by atoms with Crippen molar-refractivity contribution < 1.29 is 20.1 Å². The van der Waals surface area contributed by atoms with E-state index in [1.54, 1.807) is 6.20 Å².